The summed E-state index contributed by atoms with van der Waals surface area (Å²) in [5.74, 6) is 0. The van der Waals surface area contributed by atoms with Crippen LogP contribution in [0.25, 0.3) is 0 Å². The van der Waals surface area contributed by atoms with Gasteiger partial charge in [-0.2, -0.15) is 0 Å². The first-order valence-corrected chi connectivity index (χ1v) is 1.75. The molecule has 5 N–H and O–H groups in total. The standard InChI is InChI=1S/C2H7N.NO3.H2O/c1-2-3;2-1(3)4;/h2-3H2,1H3;;1H2/q;-1;/p+1. The van der Waals surface area contributed by atoms with Gasteiger partial charge in [0.2, 0.25) is 0 Å². The molecule has 8 heavy (non-hydrogen) atoms. The number of rotatable bonds is 0. The molecule has 0 aliphatic rings. The molecule has 0 fully saturated rings. The second-order valence-corrected chi connectivity index (χ2v) is 0.724. The normalized spacial score (nSPS) is 5.25. The van der Waals surface area contributed by atoms with E-state index in [1.54, 1.807) is 0 Å². The van der Waals surface area contributed by atoms with E-state index in [4.69, 9.17) is 15.3 Å². The largest absolute Gasteiger partial charge is 0.412 e. The predicted octanol–water partition coefficient (Wildman–Crippen LogP) is -1.82. The second kappa shape index (κ2) is 16.5. The zero-order valence-electron chi connectivity index (χ0n) is 4.59. The van der Waals surface area contributed by atoms with E-state index in [-0.39, 0.29) is 5.48 Å². The molecule has 0 saturated heterocycles. The maximum absolute atomic E-state index is 8.25. The topological polar surface area (TPSA) is 125 Å². The second-order valence-electron chi connectivity index (χ2n) is 0.724. The van der Waals surface area contributed by atoms with Crippen LogP contribution in [0.15, 0.2) is 0 Å². The Morgan fingerprint density at radius 2 is 1.62 bits per heavy atom. The van der Waals surface area contributed by atoms with Crippen molar-refractivity contribution < 1.29 is 16.3 Å². The van der Waals surface area contributed by atoms with Crippen LogP contribution in [0.5, 0.6) is 0 Å². The number of hydrogen-bond acceptors (Lipinski definition) is 3. The highest BCUT2D eigenvalue weighted by molar-refractivity contribution is 4.03. The van der Waals surface area contributed by atoms with Gasteiger partial charge in [-0.05, 0) is 6.92 Å². The molecule has 0 bridgehead atoms. The average Bonchev–Trinajstić information content (AvgIpc) is 1.33. The fourth-order valence-corrected chi connectivity index (χ4v) is 0. The van der Waals surface area contributed by atoms with E-state index in [1.807, 2.05) is 6.92 Å². The summed E-state index contributed by atoms with van der Waals surface area (Å²) < 4.78 is 0. The Morgan fingerprint density at radius 3 is 1.62 bits per heavy atom. The summed E-state index contributed by atoms with van der Waals surface area (Å²) in [6.45, 7) is 3.01. The molecule has 0 aromatic carbocycles. The first-order chi connectivity index (χ1) is 3.15. The Labute approximate surface area is 46.3 Å². The van der Waals surface area contributed by atoms with Crippen LogP contribution in [0.4, 0.5) is 0 Å². The lowest BCUT2D eigenvalue weighted by Gasteiger charge is -1.74. The van der Waals surface area contributed by atoms with E-state index >= 15 is 0 Å². The minimum atomic E-state index is -1.75. The number of nitrogens with zero attached hydrogens (tertiary/aromatic N) is 1. The van der Waals surface area contributed by atoms with Crippen LogP contribution in [0.1, 0.15) is 6.92 Å². The number of quaternary nitrogens is 1. The van der Waals surface area contributed by atoms with Crippen LogP contribution in [0.2, 0.25) is 0 Å². The first kappa shape index (κ1) is 15.7. The van der Waals surface area contributed by atoms with Gasteiger partial charge in [-0.15, -0.1) is 0 Å². The summed E-state index contributed by atoms with van der Waals surface area (Å²) in [6, 6.07) is 0. The molecule has 0 saturated carbocycles. The summed E-state index contributed by atoms with van der Waals surface area (Å²) in [4.78, 5) is 8.25. The molecule has 0 aliphatic carbocycles. The van der Waals surface area contributed by atoms with Crippen molar-refractivity contribution in [3.05, 3.63) is 15.3 Å². The molecule has 0 unspecified atom stereocenters. The van der Waals surface area contributed by atoms with Gasteiger partial charge in [-0.25, -0.2) is 0 Å². The molecular weight excluding hydrogens is 116 g/mol. The van der Waals surface area contributed by atoms with Crippen LogP contribution >= 0.6 is 0 Å². The van der Waals surface area contributed by atoms with Gasteiger partial charge in [0.25, 0.3) is 0 Å². The van der Waals surface area contributed by atoms with Crippen molar-refractivity contribution in [1.29, 1.82) is 0 Å². The van der Waals surface area contributed by atoms with Crippen molar-refractivity contribution in [3.8, 4) is 0 Å². The molecule has 0 rings (SSSR count). The van der Waals surface area contributed by atoms with E-state index in [9.17, 15) is 0 Å². The SMILES string of the molecule is CC[NH3+].O.O=[N+]([O-])[O-]. The van der Waals surface area contributed by atoms with Gasteiger partial charge in [0.15, 0.2) is 0 Å². The van der Waals surface area contributed by atoms with E-state index in [0.29, 0.717) is 0 Å². The molecule has 0 heterocycles. The molecule has 0 aromatic heterocycles. The van der Waals surface area contributed by atoms with Crippen LogP contribution in [-0.4, -0.2) is 17.1 Å². The molecule has 0 aromatic rings. The summed E-state index contributed by atoms with van der Waals surface area (Å²) in [5, 5.41) is 14.8. The third kappa shape index (κ3) is 112. The Morgan fingerprint density at radius 1 is 1.62 bits per heavy atom. The van der Waals surface area contributed by atoms with Crippen LogP contribution < -0.4 is 5.73 Å². The maximum Gasteiger partial charge on any atom is 0.0711 e. The van der Waals surface area contributed by atoms with Gasteiger partial charge in [0.1, 0.15) is 0 Å². The fourth-order valence-electron chi connectivity index (χ4n) is 0. The average molecular weight is 126 g/mol. The minimum Gasteiger partial charge on any atom is -0.412 e. The number of hydrogen-bond donors (Lipinski definition) is 1. The van der Waals surface area contributed by atoms with E-state index in [2.05, 4.69) is 5.73 Å². The van der Waals surface area contributed by atoms with Crippen molar-refractivity contribution in [3.63, 3.8) is 0 Å². The van der Waals surface area contributed by atoms with Gasteiger partial charge in [-0.3, -0.25) is 0 Å². The van der Waals surface area contributed by atoms with Gasteiger partial charge >= 0.3 is 0 Å². The smallest absolute Gasteiger partial charge is 0.0711 e. The van der Waals surface area contributed by atoms with Crippen molar-refractivity contribution in [1.82, 2.24) is 0 Å². The highest BCUT2D eigenvalue weighted by Crippen LogP contribution is 1.44. The Balaban J connectivity index is -0.0000000575. The van der Waals surface area contributed by atoms with E-state index in [1.165, 1.54) is 0 Å². The molecule has 6 heteroatoms. The monoisotopic (exact) mass is 126 g/mol. The lowest BCUT2D eigenvalue weighted by Crippen LogP contribution is -2.48. The molecule has 0 radical (unpaired) electrons. The van der Waals surface area contributed by atoms with E-state index < -0.39 is 5.09 Å². The Hall–Kier alpha value is -0.880. The lowest BCUT2D eigenvalue weighted by molar-refractivity contribution is -0.402. The Kier molecular flexibility index (Phi) is 32.4. The Bertz CT molecular complexity index is 43.3. The summed E-state index contributed by atoms with van der Waals surface area (Å²) >= 11 is 0. The fraction of sp³-hybridized carbons (Fsp3) is 1.00. The van der Waals surface area contributed by atoms with Crippen LogP contribution in [-0.2, 0) is 0 Å². The third-order valence-electron chi connectivity index (χ3n) is 0. The molecule has 52 valence electrons. The van der Waals surface area contributed by atoms with Gasteiger partial charge in [-0.1, -0.05) is 0 Å². The van der Waals surface area contributed by atoms with Crippen LogP contribution in [0.3, 0.4) is 0 Å². The molecule has 6 nitrogen and oxygen atoms in total. The lowest BCUT2D eigenvalue weighted by atomic mass is 10.8. The van der Waals surface area contributed by atoms with Crippen molar-refractivity contribution >= 4 is 0 Å². The van der Waals surface area contributed by atoms with Crippen molar-refractivity contribution in [2.45, 2.75) is 6.92 Å². The minimum absolute atomic E-state index is 0. The van der Waals surface area contributed by atoms with Crippen molar-refractivity contribution in [2.24, 2.45) is 0 Å². The molecular formula is C2H10N2O4. The zero-order valence-corrected chi connectivity index (χ0v) is 4.59. The maximum atomic E-state index is 8.25. The van der Waals surface area contributed by atoms with Gasteiger partial charge in [0, 0.05) is 0 Å². The first-order valence-electron chi connectivity index (χ1n) is 1.75. The summed E-state index contributed by atoms with van der Waals surface area (Å²) in [6.07, 6.45) is 0. The summed E-state index contributed by atoms with van der Waals surface area (Å²) in [5.41, 5.74) is 3.49. The van der Waals surface area contributed by atoms with Crippen LogP contribution in [0, 0.1) is 15.3 Å². The molecule has 0 aliphatic heterocycles. The highest BCUT2D eigenvalue weighted by Gasteiger charge is 1.45. The molecule has 0 atom stereocenters. The quantitative estimate of drug-likeness (QED) is 0.303. The third-order valence-corrected chi connectivity index (χ3v) is 0. The zero-order chi connectivity index (χ0) is 6.28. The van der Waals surface area contributed by atoms with E-state index in [0.717, 1.165) is 6.54 Å². The molecule has 0 amide bonds. The molecule has 0 spiro atoms. The van der Waals surface area contributed by atoms with Gasteiger partial charge in [0.05, 0.1) is 11.6 Å². The van der Waals surface area contributed by atoms with Gasteiger partial charge < -0.3 is 26.5 Å². The predicted molar refractivity (Wildman–Crippen MR) is 27.4 cm³/mol. The summed E-state index contributed by atoms with van der Waals surface area (Å²) in [7, 11) is 0. The van der Waals surface area contributed by atoms with Crippen molar-refractivity contribution in [2.75, 3.05) is 6.54 Å². The highest BCUT2D eigenvalue weighted by atomic mass is 16.9.